The van der Waals surface area contributed by atoms with Gasteiger partial charge in [0.25, 0.3) is 0 Å². The Hall–Kier alpha value is -0.730. The van der Waals surface area contributed by atoms with Crippen molar-refractivity contribution in [3.8, 4) is 0 Å². The number of unbranched alkanes of at least 4 members (excludes halogenated alkanes) is 4. The van der Waals surface area contributed by atoms with Crippen molar-refractivity contribution in [3.63, 3.8) is 0 Å². The van der Waals surface area contributed by atoms with Crippen molar-refractivity contribution in [1.29, 1.82) is 0 Å². The lowest BCUT2D eigenvalue weighted by atomic mass is 10.2. The van der Waals surface area contributed by atoms with Crippen LogP contribution in [-0.2, 0) is 4.79 Å². The molecule has 0 unspecified atom stereocenters. The molecule has 0 aliphatic carbocycles. The van der Waals surface area contributed by atoms with Gasteiger partial charge in [-0.2, -0.15) is 0 Å². The number of rotatable bonds is 22. The fraction of sp³-hybridized carbons (Fsp3) is 0.947. The van der Waals surface area contributed by atoms with Crippen molar-refractivity contribution in [2.45, 2.75) is 51.9 Å². The van der Waals surface area contributed by atoms with Crippen LogP contribution in [0.3, 0.4) is 0 Å². The minimum atomic E-state index is -0.685. The molecule has 0 saturated heterocycles. The summed E-state index contributed by atoms with van der Waals surface area (Å²) in [5, 5.41) is 25.6. The zero-order valence-electron chi connectivity index (χ0n) is 16.9. The number of carbonyl (C=O) groups is 1. The van der Waals surface area contributed by atoms with E-state index >= 15 is 0 Å². The van der Waals surface area contributed by atoms with Gasteiger partial charge in [-0.15, -0.1) is 0 Å². The van der Waals surface area contributed by atoms with E-state index in [1.807, 2.05) is 0 Å². The van der Waals surface area contributed by atoms with Crippen molar-refractivity contribution >= 4 is 5.97 Å². The third-order valence-electron chi connectivity index (χ3n) is 4.14. The largest absolute Gasteiger partial charge is 0.481 e. The predicted molar refractivity (Wildman–Crippen MR) is 110 cm³/mol. The number of hydrogen-bond acceptors (Lipinski definition) is 6. The highest BCUT2D eigenvalue weighted by Gasteiger charge is 1.96. The molecule has 0 aliphatic heterocycles. The van der Waals surface area contributed by atoms with Crippen molar-refractivity contribution in [1.82, 2.24) is 26.6 Å². The number of hydrogen-bond donors (Lipinski definition) is 6. The molecule has 0 heterocycles. The smallest absolute Gasteiger partial charge is 0.303 e. The van der Waals surface area contributed by atoms with Gasteiger partial charge in [-0.3, -0.25) is 4.79 Å². The van der Waals surface area contributed by atoms with Gasteiger partial charge in [0, 0.05) is 45.7 Å². The molecule has 0 spiro atoms. The average molecular weight is 374 g/mol. The minimum Gasteiger partial charge on any atom is -0.481 e. The van der Waals surface area contributed by atoms with E-state index in [9.17, 15) is 4.79 Å². The van der Waals surface area contributed by atoms with Gasteiger partial charge in [0.15, 0.2) is 0 Å². The lowest BCUT2D eigenvalue weighted by Gasteiger charge is -2.08. The molecule has 0 aromatic carbocycles. The van der Waals surface area contributed by atoms with Gasteiger partial charge >= 0.3 is 5.97 Å². The van der Waals surface area contributed by atoms with E-state index < -0.39 is 5.97 Å². The molecule has 0 radical (unpaired) electrons. The second-order valence-corrected chi connectivity index (χ2v) is 6.62. The molecule has 0 rings (SSSR count). The van der Waals surface area contributed by atoms with Gasteiger partial charge in [0.05, 0.1) is 0 Å². The molecule has 0 fully saturated rings. The number of nitrogens with one attached hydrogen (secondary N) is 5. The highest BCUT2D eigenvalue weighted by Crippen LogP contribution is 1.99. The maximum Gasteiger partial charge on any atom is 0.303 e. The summed E-state index contributed by atoms with van der Waals surface area (Å²) in [6.07, 6.45) is 6.87. The molecule has 0 aromatic rings. The van der Waals surface area contributed by atoms with E-state index in [-0.39, 0.29) is 0 Å². The maximum atomic E-state index is 10.4. The summed E-state index contributed by atoms with van der Waals surface area (Å²) in [4.78, 5) is 10.4. The third kappa shape index (κ3) is 23.3. The van der Waals surface area contributed by atoms with E-state index in [1.165, 1.54) is 19.3 Å². The fourth-order valence-electron chi connectivity index (χ4n) is 2.59. The standard InChI is InChI=1S/C19H43N5O2/c1-2-20-13-14-23-17-18-24-16-15-22-12-8-4-7-11-21-10-6-3-5-9-19(25)26/h20-24H,2-18H2,1H3,(H,25,26). The van der Waals surface area contributed by atoms with Crippen molar-refractivity contribution in [3.05, 3.63) is 0 Å². The monoisotopic (exact) mass is 373 g/mol. The number of carboxylic acids is 1. The van der Waals surface area contributed by atoms with E-state index in [4.69, 9.17) is 5.11 Å². The van der Waals surface area contributed by atoms with Crippen LogP contribution in [0.5, 0.6) is 0 Å². The zero-order chi connectivity index (χ0) is 19.1. The first kappa shape index (κ1) is 25.3. The average Bonchev–Trinajstić information content (AvgIpc) is 2.62. The summed E-state index contributed by atoms with van der Waals surface area (Å²) < 4.78 is 0. The number of carboxylic acid groups (broad SMARTS) is 1. The van der Waals surface area contributed by atoms with Gasteiger partial charge in [-0.25, -0.2) is 0 Å². The topological polar surface area (TPSA) is 97.5 Å². The molecule has 156 valence electrons. The molecule has 26 heavy (non-hydrogen) atoms. The SMILES string of the molecule is CCNCCNCCNCCNCCCCCNCCCCCC(=O)O. The van der Waals surface area contributed by atoms with E-state index in [0.29, 0.717) is 6.42 Å². The molecular formula is C19H43N5O2. The number of aliphatic carboxylic acids is 1. The molecule has 0 saturated carbocycles. The van der Waals surface area contributed by atoms with Gasteiger partial charge in [-0.05, 0) is 51.9 Å². The molecule has 6 N–H and O–H groups in total. The maximum absolute atomic E-state index is 10.4. The fourth-order valence-corrected chi connectivity index (χ4v) is 2.59. The van der Waals surface area contributed by atoms with Crippen LogP contribution in [0.4, 0.5) is 0 Å². The first-order valence-electron chi connectivity index (χ1n) is 10.5. The van der Waals surface area contributed by atoms with Gasteiger partial charge in [0.1, 0.15) is 0 Å². The Balaban J connectivity index is 2.98. The molecule has 7 nitrogen and oxygen atoms in total. The quantitative estimate of drug-likeness (QED) is 0.156. The highest BCUT2D eigenvalue weighted by atomic mass is 16.4. The Kier molecular flexibility index (Phi) is 21.7. The lowest BCUT2D eigenvalue weighted by Crippen LogP contribution is -2.35. The molecule has 0 atom stereocenters. The molecule has 0 bridgehead atoms. The first-order chi connectivity index (χ1) is 12.8. The van der Waals surface area contributed by atoms with Crippen LogP contribution < -0.4 is 26.6 Å². The summed E-state index contributed by atoms with van der Waals surface area (Å²) in [5.41, 5.74) is 0. The van der Waals surface area contributed by atoms with Crippen LogP contribution >= 0.6 is 0 Å². The van der Waals surface area contributed by atoms with Crippen molar-refractivity contribution in [2.24, 2.45) is 0 Å². The Labute approximate surface area is 160 Å². The van der Waals surface area contributed by atoms with Crippen LogP contribution in [0.25, 0.3) is 0 Å². The normalized spacial score (nSPS) is 11.1. The summed E-state index contributed by atoms with van der Waals surface area (Å²) >= 11 is 0. The van der Waals surface area contributed by atoms with Crippen LogP contribution in [-0.4, -0.2) is 76.5 Å². The molecule has 0 amide bonds. The lowest BCUT2D eigenvalue weighted by molar-refractivity contribution is -0.137. The second-order valence-electron chi connectivity index (χ2n) is 6.62. The van der Waals surface area contributed by atoms with Gasteiger partial charge in [-0.1, -0.05) is 19.8 Å². The van der Waals surface area contributed by atoms with Crippen molar-refractivity contribution in [2.75, 3.05) is 65.4 Å². The zero-order valence-corrected chi connectivity index (χ0v) is 16.9. The molecule has 0 aromatic heterocycles. The molecule has 7 heteroatoms. The van der Waals surface area contributed by atoms with Crippen molar-refractivity contribution < 1.29 is 9.90 Å². The third-order valence-corrected chi connectivity index (χ3v) is 4.14. The Bertz CT molecular complexity index is 293. The number of likely N-dealkylation sites (N-methyl/N-ethyl adjacent to an activating group) is 1. The summed E-state index contributed by atoms with van der Waals surface area (Å²) in [6, 6.07) is 0. The predicted octanol–water partition coefficient (Wildman–Crippen LogP) is 0.770. The van der Waals surface area contributed by atoms with Gasteiger partial charge in [0.2, 0.25) is 0 Å². The molecular weight excluding hydrogens is 330 g/mol. The van der Waals surface area contributed by atoms with Gasteiger partial charge < -0.3 is 31.7 Å². The summed E-state index contributed by atoms with van der Waals surface area (Å²) in [7, 11) is 0. The van der Waals surface area contributed by atoms with E-state index in [0.717, 1.165) is 84.7 Å². The van der Waals surface area contributed by atoms with E-state index in [1.54, 1.807) is 0 Å². The Morgan fingerprint density at radius 2 is 0.962 bits per heavy atom. The van der Waals surface area contributed by atoms with Crippen LogP contribution in [0.15, 0.2) is 0 Å². The summed E-state index contributed by atoms with van der Waals surface area (Å²) in [5.74, 6) is -0.685. The first-order valence-corrected chi connectivity index (χ1v) is 10.5. The van der Waals surface area contributed by atoms with Crippen LogP contribution in [0.1, 0.15) is 51.9 Å². The molecule has 0 aliphatic rings. The Morgan fingerprint density at radius 1 is 0.577 bits per heavy atom. The Morgan fingerprint density at radius 3 is 1.42 bits per heavy atom. The van der Waals surface area contributed by atoms with Crippen LogP contribution in [0, 0.1) is 0 Å². The second kappa shape index (κ2) is 22.3. The summed E-state index contributed by atoms with van der Waals surface area (Å²) in [6.45, 7) is 12.5. The minimum absolute atomic E-state index is 0.302. The van der Waals surface area contributed by atoms with E-state index in [2.05, 4.69) is 33.5 Å². The van der Waals surface area contributed by atoms with Crippen LogP contribution in [0.2, 0.25) is 0 Å². The highest BCUT2D eigenvalue weighted by molar-refractivity contribution is 5.66.